The van der Waals surface area contributed by atoms with Crippen LogP contribution < -0.4 is 5.73 Å². The number of nitrogens with zero attached hydrogens (tertiary/aromatic N) is 5. The third kappa shape index (κ3) is 2.63. The van der Waals surface area contributed by atoms with Crippen molar-refractivity contribution in [3.63, 3.8) is 0 Å². The second-order valence-corrected chi connectivity index (χ2v) is 4.13. The molecule has 8 nitrogen and oxygen atoms in total. The van der Waals surface area contributed by atoms with Gasteiger partial charge in [0.1, 0.15) is 0 Å². The van der Waals surface area contributed by atoms with Crippen LogP contribution in [0.25, 0.3) is 0 Å². The smallest absolute Gasteiger partial charge is 0.358 e. The Morgan fingerprint density at radius 2 is 2.32 bits per heavy atom. The zero-order valence-electron chi connectivity index (χ0n) is 10.7. The second kappa shape index (κ2) is 5.61. The van der Waals surface area contributed by atoms with Gasteiger partial charge in [-0.15, -0.1) is 5.10 Å². The van der Waals surface area contributed by atoms with Gasteiger partial charge in [-0.3, -0.25) is 0 Å². The summed E-state index contributed by atoms with van der Waals surface area (Å²) in [6.45, 7) is 3.42. The van der Waals surface area contributed by atoms with Gasteiger partial charge >= 0.3 is 5.97 Å². The van der Waals surface area contributed by atoms with E-state index in [9.17, 15) is 4.79 Å². The number of carboxylic acid groups (broad SMARTS) is 1. The van der Waals surface area contributed by atoms with Gasteiger partial charge in [0.25, 0.3) is 0 Å². The van der Waals surface area contributed by atoms with E-state index in [0.717, 1.165) is 18.7 Å². The number of rotatable bonds is 6. The van der Waals surface area contributed by atoms with Crippen molar-refractivity contribution in [2.75, 3.05) is 0 Å². The molecule has 0 amide bonds. The number of aromatic nitrogens is 5. The van der Waals surface area contributed by atoms with E-state index in [1.165, 1.54) is 4.68 Å². The van der Waals surface area contributed by atoms with Crippen LogP contribution in [0.4, 0.5) is 0 Å². The predicted octanol–water partition coefficient (Wildman–Crippen LogP) is 0.0898. The highest BCUT2D eigenvalue weighted by molar-refractivity contribution is 5.86. The van der Waals surface area contributed by atoms with Gasteiger partial charge < -0.3 is 15.4 Å². The third-order valence-corrected chi connectivity index (χ3v) is 2.81. The molecule has 0 bridgehead atoms. The zero-order chi connectivity index (χ0) is 13.8. The molecule has 8 heteroatoms. The lowest BCUT2D eigenvalue weighted by molar-refractivity contribution is 0.0689. The van der Waals surface area contributed by atoms with E-state index in [4.69, 9.17) is 10.8 Å². The fraction of sp³-hybridized carbons (Fsp3) is 0.455. The summed E-state index contributed by atoms with van der Waals surface area (Å²) in [5.74, 6) is -1.12. The molecular weight excluding hydrogens is 248 g/mol. The molecule has 19 heavy (non-hydrogen) atoms. The summed E-state index contributed by atoms with van der Waals surface area (Å²) >= 11 is 0. The van der Waals surface area contributed by atoms with Crippen molar-refractivity contribution in [1.82, 2.24) is 24.5 Å². The van der Waals surface area contributed by atoms with Crippen LogP contribution in [0.15, 0.2) is 12.5 Å². The minimum atomic E-state index is -1.12. The topological polar surface area (TPSA) is 112 Å². The van der Waals surface area contributed by atoms with Crippen molar-refractivity contribution in [2.45, 2.75) is 33.0 Å². The Bertz CT molecular complexity index is 574. The van der Waals surface area contributed by atoms with Crippen molar-refractivity contribution in [3.8, 4) is 0 Å². The van der Waals surface area contributed by atoms with Gasteiger partial charge in [0.2, 0.25) is 0 Å². The minimum Gasteiger partial charge on any atom is -0.476 e. The molecule has 0 atom stereocenters. The first-order valence-corrected chi connectivity index (χ1v) is 6.02. The van der Waals surface area contributed by atoms with E-state index < -0.39 is 5.97 Å². The number of nitrogens with two attached hydrogens (primary N) is 1. The Morgan fingerprint density at radius 1 is 1.53 bits per heavy atom. The van der Waals surface area contributed by atoms with E-state index in [1.807, 2.05) is 4.57 Å². The molecule has 0 fully saturated rings. The molecule has 0 unspecified atom stereocenters. The normalized spacial score (nSPS) is 10.8. The molecule has 0 saturated carbocycles. The number of aromatic carboxylic acids is 1. The van der Waals surface area contributed by atoms with Crippen molar-refractivity contribution in [3.05, 3.63) is 29.6 Å². The van der Waals surface area contributed by atoms with Crippen LogP contribution in [0.1, 0.15) is 35.2 Å². The number of hydrogen-bond donors (Lipinski definition) is 2. The fourth-order valence-corrected chi connectivity index (χ4v) is 1.90. The van der Waals surface area contributed by atoms with Crippen molar-refractivity contribution in [1.29, 1.82) is 0 Å². The molecule has 0 spiro atoms. The van der Waals surface area contributed by atoms with Crippen LogP contribution >= 0.6 is 0 Å². The first-order chi connectivity index (χ1) is 9.17. The summed E-state index contributed by atoms with van der Waals surface area (Å²) < 4.78 is 3.51. The number of hydrogen-bond acceptors (Lipinski definition) is 5. The lowest BCUT2D eigenvalue weighted by atomic mass is 10.3. The molecule has 2 aromatic heterocycles. The maximum Gasteiger partial charge on any atom is 0.358 e. The molecule has 0 saturated heterocycles. The Balaban J connectivity index is 2.28. The Labute approximate surface area is 109 Å². The maximum atomic E-state index is 11.0. The van der Waals surface area contributed by atoms with Gasteiger partial charge in [0.15, 0.2) is 5.69 Å². The SMILES string of the molecule is CCCn1cncc1Cn1nnc(C(=O)O)c1CN. The highest BCUT2D eigenvalue weighted by atomic mass is 16.4. The van der Waals surface area contributed by atoms with Crippen LogP contribution in [0.2, 0.25) is 0 Å². The molecule has 0 aliphatic carbocycles. The Hall–Kier alpha value is -2.22. The molecule has 3 N–H and O–H groups in total. The van der Waals surface area contributed by atoms with Crippen LogP contribution in [-0.2, 0) is 19.6 Å². The molecule has 102 valence electrons. The van der Waals surface area contributed by atoms with E-state index in [1.54, 1.807) is 12.5 Å². The summed E-state index contributed by atoms with van der Waals surface area (Å²) in [6.07, 6.45) is 4.47. The lowest BCUT2D eigenvalue weighted by Crippen LogP contribution is -2.15. The van der Waals surface area contributed by atoms with E-state index in [0.29, 0.717) is 12.2 Å². The summed E-state index contributed by atoms with van der Waals surface area (Å²) in [5, 5.41) is 16.5. The third-order valence-electron chi connectivity index (χ3n) is 2.81. The van der Waals surface area contributed by atoms with E-state index in [-0.39, 0.29) is 12.2 Å². The van der Waals surface area contributed by atoms with Gasteiger partial charge in [-0.1, -0.05) is 12.1 Å². The van der Waals surface area contributed by atoms with Gasteiger partial charge in [-0.25, -0.2) is 14.5 Å². The largest absolute Gasteiger partial charge is 0.476 e. The van der Waals surface area contributed by atoms with Crippen LogP contribution in [0.5, 0.6) is 0 Å². The van der Waals surface area contributed by atoms with Gasteiger partial charge in [-0.05, 0) is 6.42 Å². The Kier molecular flexibility index (Phi) is 3.91. The maximum absolute atomic E-state index is 11.0. The number of imidazole rings is 1. The zero-order valence-corrected chi connectivity index (χ0v) is 10.7. The highest BCUT2D eigenvalue weighted by Gasteiger charge is 2.18. The highest BCUT2D eigenvalue weighted by Crippen LogP contribution is 2.09. The number of carbonyl (C=O) groups is 1. The summed E-state index contributed by atoms with van der Waals surface area (Å²) in [5.41, 5.74) is 6.84. The average Bonchev–Trinajstić information content (AvgIpc) is 2.97. The number of carboxylic acids is 1. The van der Waals surface area contributed by atoms with Crippen molar-refractivity contribution in [2.24, 2.45) is 5.73 Å². The molecule has 0 aliphatic rings. The average molecular weight is 264 g/mol. The second-order valence-electron chi connectivity index (χ2n) is 4.13. The predicted molar refractivity (Wildman–Crippen MR) is 66.5 cm³/mol. The molecule has 0 aromatic carbocycles. The fourth-order valence-electron chi connectivity index (χ4n) is 1.90. The lowest BCUT2D eigenvalue weighted by Gasteiger charge is -2.08. The molecule has 2 rings (SSSR count). The van der Waals surface area contributed by atoms with Gasteiger partial charge in [-0.2, -0.15) is 0 Å². The van der Waals surface area contributed by atoms with Crippen molar-refractivity contribution < 1.29 is 9.90 Å². The Morgan fingerprint density at radius 3 is 2.95 bits per heavy atom. The van der Waals surface area contributed by atoms with Gasteiger partial charge in [0, 0.05) is 13.1 Å². The van der Waals surface area contributed by atoms with Crippen LogP contribution in [0, 0.1) is 0 Å². The quantitative estimate of drug-likeness (QED) is 0.764. The van der Waals surface area contributed by atoms with Crippen LogP contribution in [-0.4, -0.2) is 35.6 Å². The molecule has 0 radical (unpaired) electrons. The standard InChI is InChI=1S/C11H16N6O2/c1-2-3-16-7-13-5-8(16)6-17-9(4-12)10(11(18)19)14-15-17/h5,7H,2-4,6,12H2,1H3,(H,18,19). The first kappa shape index (κ1) is 13.2. The summed E-state index contributed by atoms with van der Waals surface area (Å²) in [6, 6.07) is 0. The van der Waals surface area contributed by atoms with Gasteiger partial charge in [0.05, 0.1) is 30.5 Å². The van der Waals surface area contributed by atoms with Crippen LogP contribution in [0.3, 0.4) is 0 Å². The molecule has 2 heterocycles. The summed E-state index contributed by atoms with van der Waals surface area (Å²) in [7, 11) is 0. The van der Waals surface area contributed by atoms with Crippen molar-refractivity contribution >= 4 is 5.97 Å². The molecule has 0 aliphatic heterocycles. The van der Waals surface area contributed by atoms with E-state index >= 15 is 0 Å². The summed E-state index contributed by atoms with van der Waals surface area (Å²) in [4.78, 5) is 15.1. The van der Waals surface area contributed by atoms with E-state index in [2.05, 4.69) is 22.2 Å². The molecular formula is C11H16N6O2. The molecule has 2 aromatic rings. The minimum absolute atomic E-state index is 0.0799. The monoisotopic (exact) mass is 264 g/mol. The number of aryl methyl sites for hydroxylation is 1. The first-order valence-electron chi connectivity index (χ1n) is 6.02.